The number of ether oxygens (including phenoxy) is 1. The van der Waals surface area contributed by atoms with Gasteiger partial charge in [0.05, 0.1) is 18.2 Å². The summed E-state index contributed by atoms with van der Waals surface area (Å²) in [5.41, 5.74) is 0.642. The average molecular weight is 274 g/mol. The summed E-state index contributed by atoms with van der Waals surface area (Å²) in [5.74, 6) is 2.53. The maximum Gasteiger partial charge on any atom is 0.208 e. The number of hydrogen-bond donors (Lipinski definition) is 1. The molecule has 98 valence electrons. The van der Waals surface area contributed by atoms with E-state index in [1.807, 2.05) is 19.1 Å². The molecule has 19 heavy (non-hydrogen) atoms. The van der Waals surface area contributed by atoms with Crippen LogP contribution in [0.3, 0.4) is 0 Å². The molecule has 0 bridgehead atoms. The second-order valence-electron chi connectivity index (χ2n) is 3.89. The first-order valence-corrected chi connectivity index (χ1v) is 6.91. The van der Waals surface area contributed by atoms with E-state index in [9.17, 15) is 0 Å². The largest absolute Gasteiger partial charge is 0.494 e. The van der Waals surface area contributed by atoms with Gasteiger partial charge in [-0.05, 0) is 37.6 Å². The van der Waals surface area contributed by atoms with Crippen LogP contribution in [0.4, 0.5) is 0 Å². The van der Waals surface area contributed by atoms with Gasteiger partial charge in [0.15, 0.2) is 0 Å². The lowest BCUT2D eigenvalue weighted by atomic mass is 10.2. The van der Waals surface area contributed by atoms with Gasteiger partial charge in [-0.1, -0.05) is 11.8 Å². The first-order chi connectivity index (χ1) is 9.28. The summed E-state index contributed by atoms with van der Waals surface area (Å²) in [6.45, 7) is 2.52. The lowest BCUT2D eigenvalue weighted by Crippen LogP contribution is -1.98. The molecule has 0 aliphatic carbocycles. The summed E-state index contributed by atoms with van der Waals surface area (Å²) in [6.07, 6.45) is 0.915. The molecule has 1 aromatic heterocycles. The van der Waals surface area contributed by atoms with Crippen LogP contribution in [0.25, 0.3) is 0 Å². The number of benzene rings is 1. The normalized spacial score (nSPS) is 10.1. The molecular weight excluding hydrogens is 260 g/mol. The second kappa shape index (κ2) is 6.81. The van der Waals surface area contributed by atoms with E-state index in [0.717, 1.165) is 28.9 Å². The molecule has 1 aromatic carbocycles. The molecule has 0 saturated carbocycles. The first-order valence-electron chi connectivity index (χ1n) is 5.92. The first kappa shape index (κ1) is 13.4. The van der Waals surface area contributed by atoms with E-state index in [4.69, 9.17) is 10.00 Å². The van der Waals surface area contributed by atoms with Gasteiger partial charge < -0.3 is 4.74 Å². The summed E-state index contributed by atoms with van der Waals surface area (Å²) >= 11 is 1.61. The number of thioether (sulfide) groups is 1. The molecule has 0 unspecified atom stereocenters. The molecule has 0 radical (unpaired) electrons. The van der Waals surface area contributed by atoms with Gasteiger partial charge in [0, 0.05) is 5.75 Å². The molecule has 0 amide bonds. The van der Waals surface area contributed by atoms with Gasteiger partial charge in [0.25, 0.3) is 0 Å². The van der Waals surface area contributed by atoms with Crippen molar-refractivity contribution in [2.24, 2.45) is 0 Å². The molecule has 1 N–H and O–H groups in total. The van der Waals surface area contributed by atoms with Crippen LogP contribution in [0.5, 0.6) is 5.75 Å². The van der Waals surface area contributed by atoms with Gasteiger partial charge in [-0.15, -0.1) is 5.10 Å². The molecule has 0 spiro atoms. The summed E-state index contributed by atoms with van der Waals surface area (Å²) in [5, 5.41) is 16.3. The van der Waals surface area contributed by atoms with Crippen LogP contribution in [0.15, 0.2) is 29.4 Å². The molecule has 0 atom stereocenters. The topological polar surface area (TPSA) is 74.6 Å². The molecule has 0 aliphatic heterocycles. The number of H-pyrrole nitrogens is 1. The Balaban J connectivity index is 1.65. The fourth-order valence-electron chi connectivity index (χ4n) is 1.42. The van der Waals surface area contributed by atoms with Gasteiger partial charge in [-0.2, -0.15) is 5.26 Å². The second-order valence-corrected chi connectivity index (χ2v) is 4.95. The number of rotatable bonds is 6. The van der Waals surface area contributed by atoms with E-state index < -0.39 is 0 Å². The smallest absolute Gasteiger partial charge is 0.208 e. The minimum Gasteiger partial charge on any atom is -0.494 e. The fraction of sp³-hybridized carbons (Fsp3) is 0.308. The van der Waals surface area contributed by atoms with Crippen molar-refractivity contribution in [1.29, 1.82) is 5.26 Å². The third-order valence-corrected chi connectivity index (χ3v) is 3.28. The van der Waals surface area contributed by atoms with Gasteiger partial charge in [0.1, 0.15) is 11.6 Å². The van der Waals surface area contributed by atoms with Crippen molar-refractivity contribution in [3.63, 3.8) is 0 Å². The predicted octanol–water partition coefficient (Wildman–Crippen LogP) is 2.55. The Labute approximate surface area is 116 Å². The summed E-state index contributed by atoms with van der Waals surface area (Å²) in [4.78, 5) is 4.21. The molecule has 5 nitrogen and oxygen atoms in total. The van der Waals surface area contributed by atoms with Crippen molar-refractivity contribution in [3.8, 4) is 11.8 Å². The van der Waals surface area contributed by atoms with Crippen LogP contribution >= 0.6 is 11.8 Å². The number of aryl methyl sites for hydroxylation is 1. The Hall–Kier alpha value is -2.00. The summed E-state index contributed by atoms with van der Waals surface area (Å²) in [7, 11) is 0. The highest BCUT2D eigenvalue weighted by atomic mass is 32.2. The Kier molecular flexibility index (Phi) is 4.81. The quantitative estimate of drug-likeness (QED) is 0.647. The molecule has 1 heterocycles. The standard InChI is InChI=1S/C13H14N4OS/c1-10-15-13(17-16-10)19-8-2-7-18-12-5-3-11(9-14)4-6-12/h3-6H,2,7-8H2,1H3,(H,15,16,17). The Bertz CT molecular complexity index is 559. The highest BCUT2D eigenvalue weighted by Gasteiger charge is 2.00. The highest BCUT2D eigenvalue weighted by Crippen LogP contribution is 2.15. The van der Waals surface area contributed by atoms with E-state index in [1.54, 1.807) is 23.9 Å². The fourth-order valence-corrected chi connectivity index (χ4v) is 2.18. The van der Waals surface area contributed by atoms with Crippen molar-refractivity contribution in [1.82, 2.24) is 15.2 Å². The van der Waals surface area contributed by atoms with Gasteiger partial charge in [-0.25, -0.2) is 4.98 Å². The van der Waals surface area contributed by atoms with Gasteiger partial charge in [0.2, 0.25) is 5.16 Å². The van der Waals surface area contributed by atoms with Crippen LogP contribution in [-0.4, -0.2) is 27.5 Å². The van der Waals surface area contributed by atoms with Gasteiger partial charge >= 0.3 is 0 Å². The van der Waals surface area contributed by atoms with E-state index in [0.29, 0.717) is 12.2 Å². The minimum absolute atomic E-state index is 0.641. The Morgan fingerprint density at radius 2 is 2.16 bits per heavy atom. The zero-order chi connectivity index (χ0) is 13.5. The number of aromatic nitrogens is 3. The van der Waals surface area contributed by atoms with Crippen LogP contribution in [-0.2, 0) is 0 Å². The minimum atomic E-state index is 0.641. The number of hydrogen-bond acceptors (Lipinski definition) is 5. The van der Waals surface area contributed by atoms with Crippen molar-refractivity contribution in [2.75, 3.05) is 12.4 Å². The highest BCUT2D eigenvalue weighted by molar-refractivity contribution is 7.99. The molecule has 0 saturated heterocycles. The van der Waals surface area contributed by atoms with Crippen molar-refractivity contribution in [2.45, 2.75) is 18.5 Å². The van der Waals surface area contributed by atoms with Crippen molar-refractivity contribution in [3.05, 3.63) is 35.7 Å². The summed E-state index contributed by atoms with van der Waals surface area (Å²) in [6, 6.07) is 9.20. The van der Waals surface area contributed by atoms with E-state index in [1.165, 1.54) is 0 Å². The lowest BCUT2D eigenvalue weighted by Gasteiger charge is -2.05. The monoisotopic (exact) mass is 274 g/mol. The van der Waals surface area contributed by atoms with Crippen LogP contribution in [0.2, 0.25) is 0 Å². The van der Waals surface area contributed by atoms with Crippen LogP contribution < -0.4 is 4.74 Å². The van der Waals surface area contributed by atoms with Crippen LogP contribution in [0, 0.1) is 18.3 Å². The van der Waals surface area contributed by atoms with Crippen molar-refractivity contribution >= 4 is 11.8 Å². The molecule has 0 aliphatic rings. The zero-order valence-electron chi connectivity index (χ0n) is 10.6. The molecule has 2 aromatic rings. The third-order valence-electron chi connectivity index (χ3n) is 2.35. The molecule has 6 heteroatoms. The average Bonchev–Trinajstić information content (AvgIpc) is 2.85. The van der Waals surface area contributed by atoms with Crippen LogP contribution in [0.1, 0.15) is 17.8 Å². The predicted molar refractivity (Wildman–Crippen MR) is 73.1 cm³/mol. The number of nitriles is 1. The maximum atomic E-state index is 8.68. The number of aromatic amines is 1. The summed E-state index contributed by atoms with van der Waals surface area (Å²) < 4.78 is 5.58. The molecule has 2 rings (SSSR count). The van der Waals surface area contributed by atoms with E-state index >= 15 is 0 Å². The molecular formula is C13H14N4OS. The molecule has 0 fully saturated rings. The number of nitrogens with one attached hydrogen (secondary N) is 1. The third kappa shape index (κ3) is 4.30. The van der Waals surface area contributed by atoms with Gasteiger partial charge in [-0.3, -0.25) is 5.10 Å². The SMILES string of the molecule is Cc1nc(SCCCOc2ccc(C#N)cc2)n[nH]1. The van der Waals surface area contributed by atoms with E-state index in [2.05, 4.69) is 21.3 Å². The lowest BCUT2D eigenvalue weighted by molar-refractivity contribution is 0.318. The van der Waals surface area contributed by atoms with Crippen molar-refractivity contribution < 1.29 is 4.74 Å². The Morgan fingerprint density at radius 1 is 1.37 bits per heavy atom. The maximum absolute atomic E-state index is 8.68. The Morgan fingerprint density at radius 3 is 2.79 bits per heavy atom. The zero-order valence-corrected chi connectivity index (χ0v) is 11.4. The van der Waals surface area contributed by atoms with E-state index in [-0.39, 0.29) is 0 Å². The number of nitrogens with zero attached hydrogens (tertiary/aromatic N) is 3.